The Balaban J connectivity index is 1.61. The van der Waals surface area contributed by atoms with E-state index < -0.39 is 0 Å². The first kappa shape index (κ1) is 15.0. The quantitative estimate of drug-likeness (QED) is 0.609. The first-order chi connectivity index (χ1) is 11.6. The number of amides is 1. The van der Waals surface area contributed by atoms with Gasteiger partial charge in [0.25, 0.3) is 5.91 Å². The van der Waals surface area contributed by atoms with E-state index in [1.54, 1.807) is 29.8 Å². The molecule has 4 rings (SSSR count). The minimum atomic E-state index is -0.350. The van der Waals surface area contributed by atoms with Crippen LogP contribution in [0.1, 0.15) is 28.5 Å². The Morgan fingerprint density at radius 3 is 2.96 bits per heavy atom. The molecule has 120 valence electrons. The third-order valence-electron chi connectivity index (χ3n) is 3.58. The van der Waals surface area contributed by atoms with Gasteiger partial charge in [0.05, 0.1) is 16.3 Å². The molecule has 1 atom stereocenters. The zero-order valence-electron chi connectivity index (χ0n) is 12.6. The summed E-state index contributed by atoms with van der Waals surface area (Å²) in [5.74, 6) is -0.350. The second-order valence-electron chi connectivity index (χ2n) is 5.27. The van der Waals surface area contributed by atoms with Crippen molar-refractivity contribution in [3.63, 3.8) is 0 Å². The van der Waals surface area contributed by atoms with Crippen LogP contribution in [0.2, 0.25) is 5.02 Å². The number of nitrogens with one attached hydrogen (secondary N) is 1. The molecule has 0 aliphatic carbocycles. The van der Waals surface area contributed by atoms with E-state index in [9.17, 15) is 4.79 Å². The van der Waals surface area contributed by atoms with Gasteiger partial charge in [-0.25, -0.2) is 14.5 Å². The summed E-state index contributed by atoms with van der Waals surface area (Å²) in [6, 6.07) is 9.35. The van der Waals surface area contributed by atoms with Crippen LogP contribution in [-0.2, 0) is 0 Å². The van der Waals surface area contributed by atoms with E-state index in [1.165, 1.54) is 4.52 Å². The molecule has 1 aromatic carbocycles. The van der Waals surface area contributed by atoms with Crippen LogP contribution in [0.4, 0.5) is 0 Å². The van der Waals surface area contributed by atoms with Crippen LogP contribution in [0.15, 0.2) is 42.7 Å². The van der Waals surface area contributed by atoms with Crippen molar-refractivity contribution in [2.24, 2.45) is 0 Å². The molecule has 0 unspecified atom stereocenters. The van der Waals surface area contributed by atoms with Crippen molar-refractivity contribution < 1.29 is 4.79 Å². The number of rotatable bonds is 3. The van der Waals surface area contributed by atoms with Crippen molar-refractivity contribution in [3.05, 3.63) is 58.4 Å². The molecule has 1 amide bonds. The largest absolute Gasteiger partial charge is 0.342 e. The zero-order chi connectivity index (χ0) is 16.7. The highest BCUT2D eigenvalue weighted by atomic mass is 35.5. The van der Waals surface area contributed by atoms with Crippen LogP contribution in [0.5, 0.6) is 0 Å². The van der Waals surface area contributed by atoms with Crippen LogP contribution in [0.25, 0.3) is 15.9 Å². The number of aromatic nitrogens is 4. The molecule has 3 heterocycles. The van der Waals surface area contributed by atoms with Crippen LogP contribution in [0.3, 0.4) is 0 Å². The Morgan fingerprint density at radius 1 is 1.33 bits per heavy atom. The number of nitrogens with zero attached hydrogens (tertiary/aromatic N) is 4. The maximum atomic E-state index is 12.5. The molecule has 1 N–H and O–H groups in total. The maximum Gasteiger partial charge on any atom is 0.274 e. The Kier molecular flexibility index (Phi) is 3.66. The maximum absolute atomic E-state index is 12.5. The predicted octanol–water partition coefficient (Wildman–Crippen LogP) is 3.48. The number of hydrogen-bond donors (Lipinski definition) is 1. The number of carbonyl (C=O) groups is 1. The second kappa shape index (κ2) is 5.85. The molecule has 0 fully saturated rings. The smallest absolute Gasteiger partial charge is 0.274 e. The fourth-order valence-electron chi connectivity index (χ4n) is 2.41. The summed E-state index contributed by atoms with van der Waals surface area (Å²) in [4.78, 5) is 21.2. The Hall–Kier alpha value is -2.51. The Labute approximate surface area is 146 Å². The summed E-state index contributed by atoms with van der Waals surface area (Å²) >= 11 is 7.78. The van der Waals surface area contributed by atoms with Crippen molar-refractivity contribution in [2.45, 2.75) is 13.0 Å². The van der Waals surface area contributed by atoms with Gasteiger partial charge in [0.2, 0.25) is 0 Å². The molecule has 8 heteroatoms. The minimum absolute atomic E-state index is 0.156. The molecule has 4 aromatic rings. The van der Waals surface area contributed by atoms with E-state index in [-0.39, 0.29) is 22.7 Å². The number of para-hydroxylation sites is 1. The van der Waals surface area contributed by atoms with Crippen molar-refractivity contribution in [1.82, 2.24) is 24.9 Å². The van der Waals surface area contributed by atoms with Gasteiger partial charge in [-0.3, -0.25) is 4.79 Å². The van der Waals surface area contributed by atoms with Crippen molar-refractivity contribution in [2.75, 3.05) is 0 Å². The molecule has 0 spiro atoms. The zero-order valence-corrected chi connectivity index (χ0v) is 14.2. The Morgan fingerprint density at radius 2 is 2.17 bits per heavy atom. The van der Waals surface area contributed by atoms with Gasteiger partial charge in [-0.1, -0.05) is 23.7 Å². The summed E-state index contributed by atoms with van der Waals surface area (Å²) in [5, 5.41) is 8.17. The van der Waals surface area contributed by atoms with Crippen LogP contribution in [-0.4, -0.2) is 25.5 Å². The van der Waals surface area contributed by atoms with Crippen molar-refractivity contribution >= 4 is 44.7 Å². The first-order valence-electron chi connectivity index (χ1n) is 7.28. The van der Waals surface area contributed by atoms with E-state index in [0.717, 1.165) is 15.2 Å². The topological polar surface area (TPSA) is 72.2 Å². The number of thiazole rings is 1. The summed E-state index contributed by atoms with van der Waals surface area (Å²) in [7, 11) is 0. The highest BCUT2D eigenvalue weighted by Crippen LogP contribution is 2.27. The monoisotopic (exact) mass is 357 g/mol. The Bertz CT molecular complexity index is 1020. The molecule has 6 nitrogen and oxygen atoms in total. The van der Waals surface area contributed by atoms with E-state index in [1.807, 2.05) is 31.2 Å². The summed E-state index contributed by atoms with van der Waals surface area (Å²) in [5.41, 5.74) is 1.54. The fourth-order valence-corrected chi connectivity index (χ4v) is 3.63. The van der Waals surface area contributed by atoms with E-state index in [0.29, 0.717) is 5.65 Å². The van der Waals surface area contributed by atoms with Crippen LogP contribution in [0, 0.1) is 0 Å². The summed E-state index contributed by atoms with van der Waals surface area (Å²) in [6.45, 7) is 1.89. The number of benzene rings is 1. The van der Waals surface area contributed by atoms with Gasteiger partial charge in [-0.15, -0.1) is 11.3 Å². The molecule has 0 radical (unpaired) electrons. The number of carbonyl (C=O) groups excluding carboxylic acids is 1. The predicted molar refractivity (Wildman–Crippen MR) is 93.5 cm³/mol. The average Bonchev–Trinajstić information content (AvgIpc) is 3.17. The first-order valence-corrected chi connectivity index (χ1v) is 8.48. The van der Waals surface area contributed by atoms with Crippen molar-refractivity contribution in [3.8, 4) is 0 Å². The van der Waals surface area contributed by atoms with E-state index >= 15 is 0 Å². The second-order valence-corrected chi connectivity index (χ2v) is 6.71. The van der Waals surface area contributed by atoms with Gasteiger partial charge >= 0.3 is 0 Å². The lowest BCUT2D eigenvalue weighted by Gasteiger charge is -2.09. The van der Waals surface area contributed by atoms with Crippen molar-refractivity contribution in [1.29, 1.82) is 0 Å². The molecular weight excluding hydrogens is 346 g/mol. The number of fused-ring (bicyclic) bond motifs is 2. The molecule has 3 aromatic heterocycles. The normalized spacial score (nSPS) is 12.6. The van der Waals surface area contributed by atoms with Gasteiger partial charge in [-0.05, 0) is 25.1 Å². The number of hydrogen-bond acceptors (Lipinski definition) is 5. The van der Waals surface area contributed by atoms with Gasteiger partial charge in [0, 0.05) is 12.4 Å². The van der Waals surface area contributed by atoms with Gasteiger partial charge in [0.1, 0.15) is 10.0 Å². The molecule has 24 heavy (non-hydrogen) atoms. The van der Waals surface area contributed by atoms with E-state index in [2.05, 4.69) is 20.4 Å². The van der Waals surface area contributed by atoms with E-state index in [4.69, 9.17) is 11.6 Å². The molecule has 0 aliphatic rings. The van der Waals surface area contributed by atoms with Crippen LogP contribution < -0.4 is 5.32 Å². The van der Waals surface area contributed by atoms with Gasteiger partial charge in [0.15, 0.2) is 11.3 Å². The van der Waals surface area contributed by atoms with Crippen LogP contribution >= 0.6 is 22.9 Å². The SMILES string of the molecule is C[C@@H](NC(=O)c1nn2cccnc2c1Cl)c1nc2ccccc2s1. The molecule has 0 aliphatic heterocycles. The molecular formula is C16H12ClN5OS. The van der Waals surface area contributed by atoms with Gasteiger partial charge < -0.3 is 5.32 Å². The lowest BCUT2D eigenvalue weighted by atomic mass is 10.3. The summed E-state index contributed by atoms with van der Waals surface area (Å²) < 4.78 is 2.57. The minimum Gasteiger partial charge on any atom is -0.342 e. The fraction of sp³-hybridized carbons (Fsp3) is 0.125. The highest BCUT2D eigenvalue weighted by Gasteiger charge is 2.21. The highest BCUT2D eigenvalue weighted by molar-refractivity contribution is 7.18. The summed E-state index contributed by atoms with van der Waals surface area (Å²) in [6.07, 6.45) is 3.30. The molecule has 0 bridgehead atoms. The third kappa shape index (κ3) is 2.51. The van der Waals surface area contributed by atoms with Gasteiger partial charge in [-0.2, -0.15) is 5.10 Å². The third-order valence-corrected chi connectivity index (χ3v) is 5.15. The average molecular weight is 358 g/mol. The standard InChI is InChI=1S/C16H12ClN5OS/c1-9(16-20-10-5-2-3-6-11(10)24-16)19-15(23)13-12(17)14-18-7-4-8-22(14)21-13/h2-9H,1H3,(H,19,23)/t9-/m1/s1. The number of halogens is 1. The molecule has 0 saturated carbocycles. The lowest BCUT2D eigenvalue weighted by Crippen LogP contribution is -2.27. The molecule has 0 saturated heterocycles. The lowest BCUT2D eigenvalue weighted by molar-refractivity contribution is 0.0934.